The molecule has 8 nitrogen and oxygen atoms in total. The number of hydrogen-bond donors (Lipinski definition) is 2. The van der Waals surface area contributed by atoms with Gasteiger partial charge < -0.3 is 38.6 Å². The van der Waals surface area contributed by atoms with Gasteiger partial charge in [-0.05, 0) is 55.1 Å². The minimum atomic E-state index is -0.0361. The summed E-state index contributed by atoms with van der Waals surface area (Å²) in [5.74, 6) is 3.24. The first-order valence-electron chi connectivity index (χ1n) is 11.9. The Morgan fingerprint density at radius 1 is 0.778 bits per heavy atom. The van der Waals surface area contributed by atoms with E-state index in [1.807, 2.05) is 12.1 Å². The first-order valence-corrected chi connectivity index (χ1v) is 13.5. The van der Waals surface area contributed by atoms with E-state index in [9.17, 15) is 10.2 Å². The molecule has 36 heavy (non-hydrogen) atoms. The summed E-state index contributed by atoms with van der Waals surface area (Å²) in [5.41, 5.74) is 3.74. The lowest BCUT2D eigenvalue weighted by atomic mass is 10.1. The molecule has 10 heteroatoms. The van der Waals surface area contributed by atoms with Crippen LogP contribution in [0, 0.1) is 0 Å². The van der Waals surface area contributed by atoms with Crippen molar-refractivity contribution >= 4 is 31.9 Å². The molecule has 2 heterocycles. The molecule has 0 saturated carbocycles. The third-order valence-corrected chi connectivity index (χ3v) is 7.49. The van der Waals surface area contributed by atoms with Crippen molar-refractivity contribution < 1.29 is 38.6 Å². The van der Waals surface area contributed by atoms with Crippen LogP contribution in [0.15, 0.2) is 21.1 Å². The maximum atomic E-state index is 9.32. The molecule has 2 aliphatic heterocycles. The monoisotopic (exact) mass is 632 g/mol. The van der Waals surface area contributed by atoms with Gasteiger partial charge in [0.25, 0.3) is 0 Å². The van der Waals surface area contributed by atoms with E-state index in [1.54, 1.807) is 14.2 Å². The number of halogens is 2. The second-order valence-corrected chi connectivity index (χ2v) is 9.80. The van der Waals surface area contributed by atoms with Crippen LogP contribution in [0.3, 0.4) is 0 Å². The minimum absolute atomic E-state index is 0.0361. The van der Waals surface area contributed by atoms with Crippen molar-refractivity contribution in [3.63, 3.8) is 0 Å². The zero-order chi connectivity index (χ0) is 25.9. The molecule has 2 aromatic carbocycles. The minimum Gasteiger partial charge on any atom is -0.493 e. The van der Waals surface area contributed by atoms with Crippen molar-refractivity contribution in [3.05, 3.63) is 43.3 Å². The summed E-state index contributed by atoms with van der Waals surface area (Å²) in [6.07, 6.45) is 3.37. The highest BCUT2D eigenvalue weighted by atomic mass is 79.9. The molecule has 0 saturated heterocycles. The Bertz CT molecular complexity index is 996. The molecule has 2 N–H and O–H groups in total. The van der Waals surface area contributed by atoms with Crippen molar-refractivity contribution in [1.29, 1.82) is 0 Å². The van der Waals surface area contributed by atoms with Gasteiger partial charge in [0.15, 0.2) is 0 Å². The van der Waals surface area contributed by atoms with Crippen LogP contribution >= 0.6 is 31.9 Å². The normalized spacial score (nSPS) is 13.3. The Kier molecular flexibility index (Phi) is 12.1. The second-order valence-electron chi connectivity index (χ2n) is 8.21. The number of hydrogen-bond acceptors (Lipinski definition) is 8. The maximum absolute atomic E-state index is 9.32. The van der Waals surface area contributed by atoms with Gasteiger partial charge in [-0.1, -0.05) is 0 Å². The van der Waals surface area contributed by atoms with Gasteiger partial charge >= 0.3 is 0 Å². The maximum Gasteiger partial charge on any atom is 0.140 e. The summed E-state index contributed by atoms with van der Waals surface area (Å²) >= 11 is 6.95. The summed E-state index contributed by atoms with van der Waals surface area (Å²) in [4.78, 5) is 0. The number of ether oxygens (including phenoxy) is 6. The smallest absolute Gasteiger partial charge is 0.140 e. The van der Waals surface area contributed by atoms with Gasteiger partial charge in [-0.2, -0.15) is 0 Å². The second kappa shape index (κ2) is 15.0. The topological polar surface area (TPSA) is 95.8 Å². The fraction of sp³-hybridized carbons (Fsp3) is 0.538. The van der Waals surface area contributed by atoms with Crippen LogP contribution in [0.1, 0.15) is 35.1 Å². The molecule has 0 bridgehead atoms. The fourth-order valence-electron chi connectivity index (χ4n) is 3.94. The van der Waals surface area contributed by atoms with Crippen molar-refractivity contribution in [2.24, 2.45) is 0 Å². The van der Waals surface area contributed by atoms with Gasteiger partial charge in [0.05, 0.1) is 48.6 Å². The number of aliphatic hydroxyl groups excluding tert-OH is 2. The average Bonchev–Trinajstić information content (AvgIpc) is 3.57. The molecule has 0 aliphatic carbocycles. The molecular formula is C26H34Br2O8. The highest BCUT2D eigenvalue weighted by molar-refractivity contribution is 9.11. The van der Waals surface area contributed by atoms with Gasteiger partial charge in [0.2, 0.25) is 0 Å². The van der Waals surface area contributed by atoms with Crippen molar-refractivity contribution in [2.45, 2.75) is 38.9 Å². The molecule has 2 aromatic rings. The van der Waals surface area contributed by atoms with E-state index in [4.69, 9.17) is 28.4 Å². The Morgan fingerprint density at radius 2 is 1.39 bits per heavy atom. The van der Waals surface area contributed by atoms with Crippen LogP contribution in [-0.4, -0.2) is 64.1 Å². The van der Waals surface area contributed by atoms with E-state index in [1.165, 1.54) is 0 Å². The molecule has 0 amide bonds. The van der Waals surface area contributed by atoms with Gasteiger partial charge in [-0.15, -0.1) is 0 Å². The van der Waals surface area contributed by atoms with E-state index < -0.39 is 0 Å². The first-order chi connectivity index (χ1) is 17.5. The largest absolute Gasteiger partial charge is 0.493 e. The molecule has 0 radical (unpaired) electrons. The van der Waals surface area contributed by atoms with E-state index >= 15 is 0 Å². The molecule has 0 spiro atoms. The molecular weight excluding hydrogens is 600 g/mol. The van der Waals surface area contributed by atoms with Gasteiger partial charge in [0, 0.05) is 64.2 Å². The van der Waals surface area contributed by atoms with Gasteiger partial charge in [-0.25, -0.2) is 0 Å². The lowest BCUT2D eigenvalue weighted by Gasteiger charge is -2.14. The van der Waals surface area contributed by atoms with Crippen LogP contribution in [0.5, 0.6) is 23.0 Å². The Labute approximate surface area is 229 Å². The van der Waals surface area contributed by atoms with Crippen LogP contribution < -0.4 is 18.9 Å². The Balaban J connectivity index is 0.000000201. The number of benzene rings is 2. The van der Waals surface area contributed by atoms with E-state index in [-0.39, 0.29) is 13.2 Å². The summed E-state index contributed by atoms with van der Waals surface area (Å²) in [6.45, 7) is 3.82. The SMILES string of the molecule is COCCCOc1c(Br)c(CO)cc2c1CCO2.COCCCOc1cc(CO)c(Br)c2c1CCO2. The lowest BCUT2D eigenvalue weighted by Crippen LogP contribution is -2.04. The number of rotatable bonds is 12. The zero-order valence-corrected chi connectivity index (χ0v) is 23.9. The molecule has 0 unspecified atom stereocenters. The highest BCUT2D eigenvalue weighted by Gasteiger charge is 2.24. The van der Waals surface area contributed by atoms with Crippen molar-refractivity contribution in [2.75, 3.05) is 53.9 Å². The predicted octanol–water partition coefficient (Wildman–Crippen LogP) is 4.58. The summed E-state index contributed by atoms with van der Waals surface area (Å²) in [6, 6.07) is 3.75. The van der Waals surface area contributed by atoms with E-state index in [0.29, 0.717) is 39.6 Å². The lowest BCUT2D eigenvalue weighted by molar-refractivity contribution is 0.171. The standard InChI is InChI=1S/2C13H17BrO4/c1-16-4-2-5-18-13-10-3-6-17-11(10)7-9(8-15)12(13)14;1-16-4-2-5-17-11-7-9(8-15)12(14)13-10(11)3-6-18-13/h2*7,15H,2-6,8H2,1H3. The summed E-state index contributed by atoms with van der Waals surface area (Å²) in [7, 11) is 3.35. The third kappa shape index (κ3) is 7.26. The molecule has 0 aromatic heterocycles. The Morgan fingerprint density at radius 3 is 2.06 bits per heavy atom. The summed E-state index contributed by atoms with van der Waals surface area (Å²) < 4.78 is 34.3. The zero-order valence-electron chi connectivity index (χ0n) is 20.7. The predicted molar refractivity (Wildman–Crippen MR) is 143 cm³/mol. The van der Waals surface area contributed by atoms with Crippen LogP contribution in [0.2, 0.25) is 0 Å². The molecule has 2 aliphatic rings. The third-order valence-electron chi connectivity index (χ3n) is 5.75. The van der Waals surface area contributed by atoms with Crippen LogP contribution in [-0.2, 0) is 35.5 Å². The number of methoxy groups -OCH3 is 2. The van der Waals surface area contributed by atoms with E-state index in [0.717, 1.165) is 79.9 Å². The fourth-order valence-corrected chi connectivity index (χ4v) is 5.13. The number of fused-ring (bicyclic) bond motifs is 2. The van der Waals surface area contributed by atoms with Crippen molar-refractivity contribution in [1.82, 2.24) is 0 Å². The summed E-state index contributed by atoms with van der Waals surface area (Å²) in [5, 5.41) is 18.6. The van der Waals surface area contributed by atoms with Crippen LogP contribution in [0.4, 0.5) is 0 Å². The number of aliphatic hydroxyl groups is 2. The molecule has 0 atom stereocenters. The van der Waals surface area contributed by atoms with Crippen LogP contribution in [0.25, 0.3) is 0 Å². The van der Waals surface area contributed by atoms with E-state index in [2.05, 4.69) is 31.9 Å². The molecule has 4 rings (SSSR count). The molecule has 0 fully saturated rings. The molecule has 200 valence electrons. The van der Waals surface area contributed by atoms with Gasteiger partial charge in [0.1, 0.15) is 23.0 Å². The highest BCUT2D eigenvalue weighted by Crippen LogP contribution is 2.43. The average molecular weight is 634 g/mol. The van der Waals surface area contributed by atoms with Gasteiger partial charge in [-0.3, -0.25) is 0 Å². The Hall–Kier alpha value is -1.56. The van der Waals surface area contributed by atoms with Crippen molar-refractivity contribution in [3.8, 4) is 23.0 Å². The first kappa shape index (κ1) is 29.0. The quantitative estimate of drug-likeness (QED) is 0.328.